The second-order valence-electron chi connectivity index (χ2n) is 5.69. The van der Waals surface area contributed by atoms with E-state index in [2.05, 4.69) is 6.92 Å². The summed E-state index contributed by atoms with van der Waals surface area (Å²) in [4.78, 5) is 0. The highest BCUT2D eigenvalue weighted by Crippen LogP contribution is 2.09. The van der Waals surface area contributed by atoms with E-state index < -0.39 is 13.0 Å². The molecule has 1 N–H and O–H groups in total. The molecule has 0 aromatic carbocycles. The van der Waals surface area contributed by atoms with E-state index in [1.807, 2.05) is 0 Å². The molecule has 0 bridgehead atoms. The fraction of sp³-hybridized carbons (Fsp3) is 1.00. The number of unbranched alkanes of at least 4 members (excludes halogenated alkanes) is 7. The molecule has 4 nitrogen and oxygen atoms in total. The molecule has 0 aliphatic heterocycles. The number of ether oxygens (including phenoxy) is 3. The topological polar surface area (TPSA) is 47.9 Å². The standard InChI is InChI=1S/C17H34F2O4/c1-2-3-4-5-6-7-8-9-11-23-16(13-21-12-10-20)14-22-15-17(18)19/h16-17,20H,2-15H2,1H3. The Hall–Kier alpha value is -0.300. The lowest BCUT2D eigenvalue weighted by Gasteiger charge is -2.18. The van der Waals surface area contributed by atoms with Crippen molar-refractivity contribution in [1.29, 1.82) is 0 Å². The molecule has 0 saturated carbocycles. The molecular weight excluding hydrogens is 306 g/mol. The molecule has 0 rings (SSSR count). The predicted octanol–water partition coefficient (Wildman–Crippen LogP) is 3.80. The first-order valence-corrected chi connectivity index (χ1v) is 8.86. The number of hydrogen-bond acceptors (Lipinski definition) is 4. The van der Waals surface area contributed by atoms with E-state index in [1.165, 1.54) is 38.5 Å². The van der Waals surface area contributed by atoms with Gasteiger partial charge in [-0.25, -0.2) is 8.78 Å². The van der Waals surface area contributed by atoms with Gasteiger partial charge in [0.2, 0.25) is 0 Å². The molecule has 0 heterocycles. The van der Waals surface area contributed by atoms with Gasteiger partial charge in [0, 0.05) is 6.61 Å². The van der Waals surface area contributed by atoms with Gasteiger partial charge < -0.3 is 19.3 Å². The highest BCUT2D eigenvalue weighted by molar-refractivity contribution is 4.57. The fourth-order valence-electron chi connectivity index (χ4n) is 2.20. The summed E-state index contributed by atoms with van der Waals surface area (Å²) in [5, 5.41) is 8.68. The lowest BCUT2D eigenvalue weighted by atomic mass is 10.1. The predicted molar refractivity (Wildman–Crippen MR) is 87.1 cm³/mol. The maximum Gasteiger partial charge on any atom is 0.261 e. The van der Waals surface area contributed by atoms with E-state index in [1.54, 1.807) is 0 Å². The Morgan fingerprint density at radius 1 is 0.783 bits per heavy atom. The molecule has 140 valence electrons. The number of alkyl halides is 2. The van der Waals surface area contributed by atoms with E-state index in [0.717, 1.165) is 12.8 Å². The minimum Gasteiger partial charge on any atom is -0.394 e. The average molecular weight is 340 g/mol. The first kappa shape index (κ1) is 22.7. The third-order valence-electron chi connectivity index (χ3n) is 3.44. The average Bonchev–Trinajstić information content (AvgIpc) is 2.52. The SMILES string of the molecule is CCCCCCCCCCOC(COCCO)COCC(F)F. The van der Waals surface area contributed by atoms with Crippen molar-refractivity contribution < 1.29 is 28.1 Å². The van der Waals surface area contributed by atoms with Gasteiger partial charge in [0.25, 0.3) is 6.43 Å². The van der Waals surface area contributed by atoms with Gasteiger partial charge >= 0.3 is 0 Å². The molecule has 0 aliphatic rings. The zero-order chi connectivity index (χ0) is 17.2. The number of halogens is 2. The van der Waals surface area contributed by atoms with Crippen molar-refractivity contribution in [3.63, 3.8) is 0 Å². The van der Waals surface area contributed by atoms with Crippen LogP contribution in [0.15, 0.2) is 0 Å². The molecule has 0 saturated heterocycles. The van der Waals surface area contributed by atoms with Gasteiger partial charge in [-0.05, 0) is 6.42 Å². The van der Waals surface area contributed by atoms with Crippen LogP contribution in [0.25, 0.3) is 0 Å². The van der Waals surface area contributed by atoms with Crippen molar-refractivity contribution in [2.75, 3.05) is 39.6 Å². The molecule has 23 heavy (non-hydrogen) atoms. The van der Waals surface area contributed by atoms with Crippen LogP contribution in [0.1, 0.15) is 58.3 Å². The lowest BCUT2D eigenvalue weighted by Crippen LogP contribution is -2.28. The summed E-state index contributed by atoms with van der Waals surface area (Å²) in [5.41, 5.74) is 0. The summed E-state index contributed by atoms with van der Waals surface area (Å²) in [6.07, 6.45) is 6.92. The molecule has 0 amide bonds. The summed E-state index contributed by atoms with van der Waals surface area (Å²) >= 11 is 0. The monoisotopic (exact) mass is 340 g/mol. The highest BCUT2D eigenvalue weighted by atomic mass is 19.3. The number of aliphatic hydroxyl groups is 1. The highest BCUT2D eigenvalue weighted by Gasteiger charge is 2.11. The Labute approximate surface area is 139 Å². The van der Waals surface area contributed by atoms with Crippen molar-refractivity contribution in [2.45, 2.75) is 70.8 Å². The Kier molecular flexibility index (Phi) is 17.8. The van der Waals surface area contributed by atoms with E-state index >= 15 is 0 Å². The van der Waals surface area contributed by atoms with Crippen LogP contribution in [-0.4, -0.2) is 57.3 Å². The number of hydrogen-bond donors (Lipinski definition) is 1. The third kappa shape index (κ3) is 17.9. The molecule has 0 aromatic rings. The third-order valence-corrected chi connectivity index (χ3v) is 3.44. The van der Waals surface area contributed by atoms with Crippen LogP contribution in [0, 0.1) is 0 Å². The van der Waals surface area contributed by atoms with Gasteiger partial charge in [-0.2, -0.15) is 0 Å². The van der Waals surface area contributed by atoms with Crippen molar-refractivity contribution in [2.24, 2.45) is 0 Å². The summed E-state index contributed by atoms with van der Waals surface area (Å²) in [6.45, 7) is 2.70. The number of rotatable bonds is 18. The second-order valence-corrected chi connectivity index (χ2v) is 5.69. The summed E-state index contributed by atoms with van der Waals surface area (Å²) < 4.78 is 39.9. The molecule has 0 radical (unpaired) electrons. The minimum absolute atomic E-state index is 0.0668. The van der Waals surface area contributed by atoms with Gasteiger partial charge in [0.1, 0.15) is 12.7 Å². The Balaban J connectivity index is 3.60. The van der Waals surface area contributed by atoms with Crippen LogP contribution >= 0.6 is 0 Å². The van der Waals surface area contributed by atoms with Gasteiger partial charge in [0.15, 0.2) is 0 Å². The summed E-state index contributed by atoms with van der Waals surface area (Å²) in [7, 11) is 0. The molecule has 0 aromatic heterocycles. The van der Waals surface area contributed by atoms with Crippen molar-refractivity contribution in [1.82, 2.24) is 0 Å². The molecule has 1 atom stereocenters. The first-order chi connectivity index (χ1) is 11.2. The van der Waals surface area contributed by atoms with E-state index in [4.69, 9.17) is 19.3 Å². The molecular formula is C17H34F2O4. The van der Waals surface area contributed by atoms with Gasteiger partial charge in [-0.3, -0.25) is 0 Å². The van der Waals surface area contributed by atoms with Gasteiger partial charge in [0.05, 0.1) is 26.4 Å². The maximum absolute atomic E-state index is 12.1. The largest absolute Gasteiger partial charge is 0.394 e. The fourth-order valence-corrected chi connectivity index (χ4v) is 2.20. The zero-order valence-electron chi connectivity index (χ0n) is 14.5. The Morgan fingerprint density at radius 3 is 2.00 bits per heavy atom. The summed E-state index contributed by atoms with van der Waals surface area (Å²) in [5.74, 6) is 0. The van der Waals surface area contributed by atoms with Crippen LogP contribution in [0.2, 0.25) is 0 Å². The van der Waals surface area contributed by atoms with Gasteiger partial charge in [-0.1, -0.05) is 51.9 Å². The first-order valence-electron chi connectivity index (χ1n) is 8.86. The van der Waals surface area contributed by atoms with Crippen LogP contribution in [0.4, 0.5) is 8.78 Å². The quantitative estimate of drug-likeness (QED) is 0.386. The van der Waals surface area contributed by atoms with Crippen molar-refractivity contribution in [3.8, 4) is 0 Å². The normalized spacial score (nSPS) is 12.9. The van der Waals surface area contributed by atoms with Crippen LogP contribution < -0.4 is 0 Å². The van der Waals surface area contributed by atoms with E-state index in [0.29, 0.717) is 6.61 Å². The molecule has 6 heteroatoms. The summed E-state index contributed by atoms with van der Waals surface area (Å²) in [6, 6.07) is 0. The Bertz CT molecular complexity index is 231. The lowest BCUT2D eigenvalue weighted by molar-refractivity contribution is -0.0791. The van der Waals surface area contributed by atoms with Crippen molar-refractivity contribution >= 4 is 0 Å². The van der Waals surface area contributed by atoms with Crippen LogP contribution in [0.5, 0.6) is 0 Å². The molecule has 0 spiro atoms. The second kappa shape index (κ2) is 18.0. The Morgan fingerprint density at radius 2 is 1.39 bits per heavy atom. The van der Waals surface area contributed by atoms with Gasteiger partial charge in [-0.15, -0.1) is 0 Å². The molecule has 0 aliphatic carbocycles. The van der Waals surface area contributed by atoms with E-state index in [-0.39, 0.29) is 32.5 Å². The molecule has 1 unspecified atom stereocenters. The van der Waals surface area contributed by atoms with Crippen LogP contribution in [0.3, 0.4) is 0 Å². The zero-order valence-corrected chi connectivity index (χ0v) is 14.5. The molecule has 0 fully saturated rings. The number of aliphatic hydroxyl groups excluding tert-OH is 1. The minimum atomic E-state index is -2.47. The van der Waals surface area contributed by atoms with Crippen LogP contribution in [-0.2, 0) is 14.2 Å². The van der Waals surface area contributed by atoms with Crippen molar-refractivity contribution in [3.05, 3.63) is 0 Å². The van der Waals surface area contributed by atoms with E-state index in [9.17, 15) is 8.78 Å². The maximum atomic E-state index is 12.1. The smallest absolute Gasteiger partial charge is 0.261 e.